The zero-order chi connectivity index (χ0) is 27.1. The maximum atomic E-state index is 13.7. The first-order valence-electron chi connectivity index (χ1n) is 12.2. The number of amides is 3. The van der Waals surface area contributed by atoms with E-state index < -0.39 is 47.9 Å². The van der Waals surface area contributed by atoms with Crippen molar-refractivity contribution in [3.8, 4) is 5.75 Å². The minimum atomic E-state index is -1.15. The number of benzene rings is 1. The van der Waals surface area contributed by atoms with Crippen LogP contribution >= 0.6 is 0 Å². The minimum absolute atomic E-state index is 0.0617. The quantitative estimate of drug-likeness (QED) is 0.240. The molecule has 1 aliphatic heterocycles. The number of aliphatic carboxylic acids is 1. The van der Waals surface area contributed by atoms with Gasteiger partial charge >= 0.3 is 5.97 Å². The molecule has 4 unspecified atom stereocenters. The number of nitrogens with one attached hydrogen (secondary N) is 3. The number of aromatic amines is 1. The number of aromatic nitrogens is 2. The summed E-state index contributed by atoms with van der Waals surface area (Å²) < 4.78 is 0. The van der Waals surface area contributed by atoms with Gasteiger partial charge in [0.05, 0.1) is 12.4 Å². The highest BCUT2D eigenvalue weighted by atomic mass is 16.4. The molecular formula is C25H34N6O6. The number of aromatic hydroxyl groups is 1. The highest BCUT2D eigenvalue weighted by Crippen LogP contribution is 2.21. The second-order valence-electron chi connectivity index (χ2n) is 9.58. The monoisotopic (exact) mass is 514 g/mol. The predicted octanol–water partition coefficient (Wildman–Crippen LogP) is -0.0710. The standard InChI is InChI=1S/C25H34N6O6/c1-14(2)21(25(36)37)30-23(34)20-4-3-9-31(20)24(35)19(10-15-5-7-17(32)8-6-15)29-22(33)18(26)11-16-12-27-13-28-16/h5-8,12-14,18-21,32H,3-4,9-11,26H2,1-2H3,(H,27,28)(H,29,33)(H,30,34)(H,36,37). The first-order valence-corrected chi connectivity index (χ1v) is 12.2. The highest BCUT2D eigenvalue weighted by Gasteiger charge is 2.39. The van der Waals surface area contributed by atoms with Crippen LogP contribution in [0.4, 0.5) is 0 Å². The zero-order valence-corrected chi connectivity index (χ0v) is 20.9. The topological polar surface area (TPSA) is 191 Å². The first kappa shape index (κ1) is 27.7. The Balaban J connectivity index is 1.78. The van der Waals surface area contributed by atoms with E-state index >= 15 is 0 Å². The summed E-state index contributed by atoms with van der Waals surface area (Å²) in [6.45, 7) is 3.66. The third-order valence-corrected chi connectivity index (χ3v) is 6.39. The molecular weight excluding hydrogens is 480 g/mol. The van der Waals surface area contributed by atoms with Crippen molar-refractivity contribution in [1.82, 2.24) is 25.5 Å². The third-order valence-electron chi connectivity index (χ3n) is 6.39. The summed E-state index contributed by atoms with van der Waals surface area (Å²) in [4.78, 5) is 59.3. The summed E-state index contributed by atoms with van der Waals surface area (Å²) in [6, 6.07) is 2.32. The Labute approximate surface area is 214 Å². The SMILES string of the molecule is CC(C)C(NC(=O)C1CCCN1C(=O)C(Cc1ccc(O)cc1)NC(=O)C(N)Cc1cnc[nH]1)C(=O)O. The van der Waals surface area contributed by atoms with Crippen LogP contribution in [0.5, 0.6) is 5.75 Å². The van der Waals surface area contributed by atoms with E-state index in [9.17, 15) is 29.4 Å². The lowest BCUT2D eigenvalue weighted by atomic mass is 10.0. The Morgan fingerprint density at radius 3 is 2.46 bits per heavy atom. The summed E-state index contributed by atoms with van der Waals surface area (Å²) in [5.74, 6) is -2.99. The Bertz CT molecular complexity index is 1090. The molecule has 0 aliphatic carbocycles. The average Bonchev–Trinajstić information content (AvgIpc) is 3.54. The van der Waals surface area contributed by atoms with E-state index in [1.165, 1.54) is 23.4 Å². The molecule has 12 heteroatoms. The van der Waals surface area contributed by atoms with E-state index in [4.69, 9.17) is 5.73 Å². The van der Waals surface area contributed by atoms with Crippen LogP contribution in [0.1, 0.15) is 37.9 Å². The lowest BCUT2D eigenvalue weighted by Crippen LogP contribution is -2.58. The number of nitrogens with two attached hydrogens (primary N) is 1. The van der Waals surface area contributed by atoms with Gasteiger partial charge in [-0.15, -0.1) is 0 Å². The number of carboxylic acids is 1. The van der Waals surface area contributed by atoms with Crippen LogP contribution in [0.3, 0.4) is 0 Å². The molecule has 1 aliphatic rings. The van der Waals surface area contributed by atoms with Crippen molar-refractivity contribution in [2.24, 2.45) is 11.7 Å². The molecule has 200 valence electrons. The molecule has 37 heavy (non-hydrogen) atoms. The van der Waals surface area contributed by atoms with Crippen molar-refractivity contribution < 1.29 is 29.4 Å². The molecule has 0 bridgehead atoms. The number of carboxylic acid groups (broad SMARTS) is 1. The van der Waals surface area contributed by atoms with Crippen molar-refractivity contribution in [3.05, 3.63) is 48.0 Å². The van der Waals surface area contributed by atoms with E-state index in [-0.39, 0.29) is 24.5 Å². The maximum absolute atomic E-state index is 13.7. The number of carbonyl (C=O) groups is 4. The van der Waals surface area contributed by atoms with Gasteiger partial charge in [-0.05, 0) is 36.5 Å². The number of hydrogen-bond donors (Lipinski definition) is 6. The molecule has 0 radical (unpaired) electrons. The van der Waals surface area contributed by atoms with Crippen molar-refractivity contribution in [3.63, 3.8) is 0 Å². The fraction of sp³-hybridized carbons (Fsp3) is 0.480. The van der Waals surface area contributed by atoms with Crippen LogP contribution < -0.4 is 16.4 Å². The van der Waals surface area contributed by atoms with Crippen LogP contribution in [-0.2, 0) is 32.0 Å². The fourth-order valence-corrected chi connectivity index (χ4v) is 4.34. The lowest BCUT2D eigenvalue weighted by Gasteiger charge is -2.30. The summed E-state index contributed by atoms with van der Waals surface area (Å²) in [6.07, 6.45) is 4.26. The maximum Gasteiger partial charge on any atom is 0.326 e. The number of hydrogen-bond acceptors (Lipinski definition) is 7. The van der Waals surface area contributed by atoms with E-state index in [1.807, 2.05) is 0 Å². The van der Waals surface area contributed by atoms with Gasteiger partial charge in [-0.1, -0.05) is 26.0 Å². The molecule has 1 aromatic heterocycles. The number of nitrogens with zero attached hydrogens (tertiary/aromatic N) is 2. The Morgan fingerprint density at radius 1 is 1.16 bits per heavy atom. The molecule has 12 nitrogen and oxygen atoms in total. The van der Waals surface area contributed by atoms with Crippen LogP contribution in [0.15, 0.2) is 36.8 Å². The Morgan fingerprint density at radius 2 is 1.86 bits per heavy atom. The second-order valence-corrected chi connectivity index (χ2v) is 9.58. The van der Waals surface area contributed by atoms with Crippen LogP contribution in [0.2, 0.25) is 0 Å². The van der Waals surface area contributed by atoms with Gasteiger partial charge in [0, 0.05) is 31.3 Å². The normalized spacial score (nSPS) is 17.7. The van der Waals surface area contributed by atoms with Crippen molar-refractivity contribution in [2.75, 3.05) is 6.54 Å². The number of phenolic OH excluding ortho intramolecular Hbond substituents is 1. The van der Waals surface area contributed by atoms with E-state index in [2.05, 4.69) is 20.6 Å². The molecule has 2 heterocycles. The summed E-state index contributed by atoms with van der Waals surface area (Å²) in [5, 5.41) is 24.3. The van der Waals surface area contributed by atoms with Gasteiger partial charge in [-0.25, -0.2) is 9.78 Å². The molecule has 3 amide bonds. The van der Waals surface area contributed by atoms with Gasteiger partial charge in [-0.2, -0.15) is 0 Å². The lowest BCUT2D eigenvalue weighted by molar-refractivity contribution is -0.145. The van der Waals surface area contributed by atoms with Crippen molar-refractivity contribution in [2.45, 2.75) is 63.7 Å². The number of rotatable bonds is 11. The third kappa shape index (κ3) is 7.29. The Hall–Kier alpha value is -3.93. The van der Waals surface area contributed by atoms with Gasteiger partial charge in [0.25, 0.3) is 0 Å². The Kier molecular flexibility index (Phi) is 9.23. The summed E-state index contributed by atoms with van der Waals surface area (Å²) >= 11 is 0. The largest absolute Gasteiger partial charge is 0.508 e. The van der Waals surface area contributed by atoms with Gasteiger partial charge < -0.3 is 36.5 Å². The van der Waals surface area contributed by atoms with E-state index in [1.54, 1.807) is 32.2 Å². The second kappa shape index (κ2) is 12.3. The average molecular weight is 515 g/mol. The van der Waals surface area contributed by atoms with Crippen LogP contribution in [0.25, 0.3) is 0 Å². The van der Waals surface area contributed by atoms with Crippen LogP contribution in [0, 0.1) is 5.92 Å². The minimum Gasteiger partial charge on any atom is -0.508 e. The number of likely N-dealkylation sites (tertiary alicyclic amines) is 1. The van der Waals surface area contributed by atoms with Gasteiger partial charge in [0.1, 0.15) is 23.9 Å². The number of H-pyrrole nitrogens is 1. The van der Waals surface area contributed by atoms with E-state index in [0.717, 1.165) is 0 Å². The predicted molar refractivity (Wildman–Crippen MR) is 133 cm³/mol. The molecule has 2 aromatic rings. The molecule has 1 aromatic carbocycles. The molecule has 0 spiro atoms. The van der Waals surface area contributed by atoms with E-state index in [0.29, 0.717) is 30.6 Å². The zero-order valence-electron chi connectivity index (χ0n) is 20.9. The molecule has 7 N–H and O–H groups in total. The summed E-state index contributed by atoms with van der Waals surface area (Å²) in [7, 11) is 0. The van der Waals surface area contributed by atoms with Gasteiger partial charge in [0.15, 0.2) is 0 Å². The molecule has 4 atom stereocenters. The highest BCUT2D eigenvalue weighted by molar-refractivity contribution is 5.94. The summed E-state index contributed by atoms with van der Waals surface area (Å²) in [5.41, 5.74) is 7.42. The van der Waals surface area contributed by atoms with Gasteiger partial charge in [0.2, 0.25) is 17.7 Å². The number of imidazole rings is 1. The first-order chi connectivity index (χ1) is 17.6. The molecule has 0 saturated carbocycles. The van der Waals surface area contributed by atoms with Gasteiger partial charge in [-0.3, -0.25) is 14.4 Å². The molecule has 1 fully saturated rings. The smallest absolute Gasteiger partial charge is 0.326 e. The molecule has 3 rings (SSSR count). The van der Waals surface area contributed by atoms with Crippen molar-refractivity contribution >= 4 is 23.7 Å². The van der Waals surface area contributed by atoms with Crippen LogP contribution in [-0.4, -0.2) is 79.5 Å². The van der Waals surface area contributed by atoms with Crippen molar-refractivity contribution in [1.29, 1.82) is 0 Å². The molecule has 1 saturated heterocycles. The number of carbonyl (C=O) groups excluding carboxylic acids is 3. The number of phenols is 1. The fourth-order valence-electron chi connectivity index (χ4n) is 4.34.